The molecule has 1 heterocycles. The second kappa shape index (κ2) is 9.49. The lowest BCUT2D eigenvalue weighted by atomic mass is 10.2. The molecule has 8 heteroatoms. The molecule has 0 aliphatic carbocycles. The summed E-state index contributed by atoms with van der Waals surface area (Å²) in [5.41, 5.74) is 2.41. The van der Waals surface area contributed by atoms with E-state index in [-0.39, 0.29) is 18.9 Å². The smallest absolute Gasteiger partial charge is 0.293 e. The molecule has 0 aromatic heterocycles. The van der Waals surface area contributed by atoms with Gasteiger partial charge in [0.25, 0.3) is 11.1 Å². The molecule has 30 heavy (non-hydrogen) atoms. The summed E-state index contributed by atoms with van der Waals surface area (Å²) in [6.07, 6.45) is 1.65. The summed E-state index contributed by atoms with van der Waals surface area (Å²) < 4.78 is 10.5. The van der Waals surface area contributed by atoms with Crippen LogP contribution in [0.3, 0.4) is 0 Å². The molecule has 3 amide bonds. The molecule has 1 N–H and O–H groups in total. The molecule has 0 unspecified atom stereocenters. The van der Waals surface area contributed by atoms with Crippen LogP contribution in [0.1, 0.15) is 17.5 Å². The van der Waals surface area contributed by atoms with Crippen LogP contribution in [0.4, 0.5) is 10.5 Å². The van der Waals surface area contributed by atoms with Crippen molar-refractivity contribution in [3.8, 4) is 11.5 Å². The highest BCUT2D eigenvalue weighted by atomic mass is 32.2. The normalized spacial score (nSPS) is 14.9. The molecule has 2 aromatic rings. The highest BCUT2D eigenvalue weighted by Gasteiger charge is 2.35. The summed E-state index contributed by atoms with van der Waals surface area (Å²) in [7, 11) is 3.06. The van der Waals surface area contributed by atoms with Gasteiger partial charge in [0, 0.05) is 18.7 Å². The van der Waals surface area contributed by atoms with E-state index in [1.165, 1.54) is 14.2 Å². The third-order valence-corrected chi connectivity index (χ3v) is 5.35. The van der Waals surface area contributed by atoms with Crippen molar-refractivity contribution in [2.45, 2.75) is 13.3 Å². The fourth-order valence-electron chi connectivity index (χ4n) is 2.95. The minimum Gasteiger partial charge on any atom is -0.493 e. The first kappa shape index (κ1) is 21.4. The van der Waals surface area contributed by atoms with Gasteiger partial charge in [-0.2, -0.15) is 0 Å². The Hall–Kier alpha value is -3.26. The molecule has 1 saturated heterocycles. The van der Waals surface area contributed by atoms with Gasteiger partial charge in [-0.15, -0.1) is 0 Å². The van der Waals surface area contributed by atoms with Crippen LogP contribution in [0.5, 0.6) is 11.5 Å². The predicted molar refractivity (Wildman–Crippen MR) is 117 cm³/mol. The van der Waals surface area contributed by atoms with E-state index < -0.39 is 11.1 Å². The van der Waals surface area contributed by atoms with Crippen molar-refractivity contribution in [2.75, 3.05) is 26.1 Å². The molecule has 0 bridgehead atoms. The number of nitrogens with zero attached hydrogens (tertiary/aromatic N) is 1. The largest absolute Gasteiger partial charge is 0.493 e. The van der Waals surface area contributed by atoms with Gasteiger partial charge >= 0.3 is 0 Å². The number of carbonyl (C=O) groups is 3. The number of nitrogens with one attached hydrogen (secondary N) is 1. The Morgan fingerprint density at radius 2 is 1.87 bits per heavy atom. The van der Waals surface area contributed by atoms with Gasteiger partial charge in [0.05, 0.1) is 19.1 Å². The number of aryl methyl sites for hydroxylation is 1. The number of amides is 3. The number of rotatable bonds is 7. The predicted octanol–water partition coefficient (Wildman–Crippen LogP) is 4.08. The Balaban J connectivity index is 1.64. The fourth-order valence-corrected chi connectivity index (χ4v) is 3.81. The van der Waals surface area contributed by atoms with Gasteiger partial charge in [-0.3, -0.25) is 19.3 Å². The number of ether oxygens (including phenoxy) is 2. The van der Waals surface area contributed by atoms with E-state index >= 15 is 0 Å². The molecule has 2 aromatic carbocycles. The van der Waals surface area contributed by atoms with Crippen LogP contribution in [0.15, 0.2) is 47.4 Å². The summed E-state index contributed by atoms with van der Waals surface area (Å²) in [5.74, 6) is 0.423. The second-order valence-electron chi connectivity index (χ2n) is 6.62. The maximum Gasteiger partial charge on any atom is 0.293 e. The van der Waals surface area contributed by atoms with E-state index in [1.54, 1.807) is 30.3 Å². The average Bonchev–Trinajstić information content (AvgIpc) is 2.99. The molecule has 1 fully saturated rings. The van der Waals surface area contributed by atoms with E-state index in [0.29, 0.717) is 27.7 Å². The molecular formula is C22H22N2O5S. The van der Waals surface area contributed by atoms with Crippen LogP contribution in [0.2, 0.25) is 0 Å². The number of carbonyl (C=O) groups excluding carboxylic acids is 3. The van der Waals surface area contributed by atoms with E-state index in [1.807, 2.05) is 25.1 Å². The molecule has 0 saturated carbocycles. The number of hydrogen-bond donors (Lipinski definition) is 1. The highest BCUT2D eigenvalue weighted by molar-refractivity contribution is 8.18. The quantitative estimate of drug-likeness (QED) is 0.672. The van der Waals surface area contributed by atoms with Gasteiger partial charge < -0.3 is 14.8 Å². The number of methoxy groups -OCH3 is 2. The topological polar surface area (TPSA) is 84.9 Å². The molecule has 3 rings (SSSR count). The second-order valence-corrected chi connectivity index (χ2v) is 7.61. The Labute approximate surface area is 179 Å². The van der Waals surface area contributed by atoms with E-state index in [4.69, 9.17) is 9.47 Å². The van der Waals surface area contributed by atoms with Gasteiger partial charge in [-0.05, 0) is 60.2 Å². The average molecular weight is 426 g/mol. The Morgan fingerprint density at radius 1 is 1.10 bits per heavy atom. The van der Waals surface area contributed by atoms with Crippen LogP contribution >= 0.6 is 11.8 Å². The molecule has 7 nitrogen and oxygen atoms in total. The van der Waals surface area contributed by atoms with Crippen molar-refractivity contribution in [3.05, 3.63) is 58.5 Å². The van der Waals surface area contributed by atoms with Crippen LogP contribution in [-0.4, -0.2) is 42.7 Å². The molecule has 1 aliphatic heterocycles. The Kier molecular flexibility index (Phi) is 6.79. The standard InChI is InChI=1S/C22H22N2O5S/c1-14-5-4-6-16(11-14)23-20(25)9-10-24-21(26)19(30-22(24)27)13-15-7-8-17(28-2)18(12-15)29-3/h4-8,11-13H,9-10H2,1-3H3,(H,23,25)/b19-13+. The zero-order valence-electron chi connectivity index (χ0n) is 16.9. The van der Waals surface area contributed by atoms with Crippen LogP contribution in [-0.2, 0) is 9.59 Å². The summed E-state index contributed by atoms with van der Waals surface area (Å²) in [6.45, 7) is 1.95. The fraction of sp³-hybridized carbons (Fsp3) is 0.227. The lowest BCUT2D eigenvalue weighted by Crippen LogP contribution is -2.31. The van der Waals surface area contributed by atoms with Crippen LogP contribution in [0.25, 0.3) is 6.08 Å². The third-order valence-electron chi connectivity index (χ3n) is 4.44. The Bertz CT molecular complexity index is 1020. The van der Waals surface area contributed by atoms with Gasteiger partial charge in [0.2, 0.25) is 5.91 Å². The third kappa shape index (κ3) is 5.01. The maximum absolute atomic E-state index is 12.6. The molecule has 156 valence electrons. The zero-order chi connectivity index (χ0) is 21.7. The minimum atomic E-state index is -0.414. The Morgan fingerprint density at radius 3 is 2.57 bits per heavy atom. The number of benzene rings is 2. The van der Waals surface area contributed by atoms with Crippen LogP contribution < -0.4 is 14.8 Å². The molecule has 0 radical (unpaired) electrons. The van der Waals surface area contributed by atoms with Crippen molar-refractivity contribution >= 4 is 40.6 Å². The lowest BCUT2D eigenvalue weighted by molar-refractivity contribution is -0.123. The highest BCUT2D eigenvalue weighted by Crippen LogP contribution is 2.34. The van der Waals surface area contributed by atoms with Crippen molar-refractivity contribution in [1.29, 1.82) is 0 Å². The van der Waals surface area contributed by atoms with Gasteiger partial charge in [-0.25, -0.2) is 0 Å². The maximum atomic E-state index is 12.6. The number of thioether (sulfide) groups is 1. The first-order valence-electron chi connectivity index (χ1n) is 9.25. The van der Waals surface area contributed by atoms with E-state index in [9.17, 15) is 14.4 Å². The van der Waals surface area contributed by atoms with Crippen LogP contribution in [0, 0.1) is 6.92 Å². The molecule has 0 spiro atoms. The number of anilines is 1. The van der Waals surface area contributed by atoms with Crippen molar-refractivity contribution in [2.24, 2.45) is 0 Å². The number of hydrogen-bond acceptors (Lipinski definition) is 6. The van der Waals surface area contributed by atoms with Crippen molar-refractivity contribution < 1.29 is 23.9 Å². The van der Waals surface area contributed by atoms with E-state index in [2.05, 4.69) is 5.32 Å². The zero-order valence-corrected chi connectivity index (χ0v) is 17.7. The van der Waals surface area contributed by atoms with Crippen molar-refractivity contribution in [3.63, 3.8) is 0 Å². The summed E-state index contributed by atoms with van der Waals surface area (Å²) in [5, 5.41) is 2.38. The van der Waals surface area contributed by atoms with Gasteiger partial charge in [0.15, 0.2) is 11.5 Å². The van der Waals surface area contributed by atoms with Gasteiger partial charge in [0.1, 0.15) is 0 Å². The first-order valence-corrected chi connectivity index (χ1v) is 10.1. The summed E-state index contributed by atoms with van der Waals surface area (Å²) in [6, 6.07) is 12.6. The monoisotopic (exact) mass is 426 g/mol. The van der Waals surface area contributed by atoms with Gasteiger partial charge in [-0.1, -0.05) is 18.2 Å². The van der Waals surface area contributed by atoms with Crippen molar-refractivity contribution in [1.82, 2.24) is 4.90 Å². The molecule has 0 atom stereocenters. The van der Waals surface area contributed by atoms with E-state index in [0.717, 1.165) is 22.2 Å². The number of imide groups is 1. The molecule has 1 aliphatic rings. The SMILES string of the molecule is COc1ccc(/C=C2/SC(=O)N(CCC(=O)Nc3cccc(C)c3)C2=O)cc1OC. The lowest BCUT2D eigenvalue weighted by Gasteiger charge is -2.12. The molecular weight excluding hydrogens is 404 g/mol. The first-order chi connectivity index (χ1) is 14.4. The summed E-state index contributed by atoms with van der Waals surface area (Å²) >= 11 is 0.852. The minimum absolute atomic E-state index is 0.0194. The summed E-state index contributed by atoms with van der Waals surface area (Å²) in [4.78, 5) is 38.5.